The molecule has 0 aromatic heterocycles. The summed E-state index contributed by atoms with van der Waals surface area (Å²) in [6.07, 6.45) is 0.381. The van der Waals surface area contributed by atoms with Gasteiger partial charge in [-0.05, 0) is 31.5 Å². The molecule has 2 N–H and O–H groups in total. The van der Waals surface area contributed by atoms with Gasteiger partial charge in [-0.3, -0.25) is 10.1 Å². The van der Waals surface area contributed by atoms with Crippen LogP contribution in [0.25, 0.3) is 0 Å². The van der Waals surface area contributed by atoms with Crippen molar-refractivity contribution < 1.29 is 14.3 Å². The first kappa shape index (κ1) is 12.4. The molecule has 1 heterocycles. The minimum absolute atomic E-state index is 0.121. The molecular formula is C13H16N2O3. The third-order valence-corrected chi connectivity index (χ3v) is 2.60. The lowest BCUT2D eigenvalue weighted by atomic mass is 10.0. The van der Waals surface area contributed by atoms with Gasteiger partial charge in [-0.1, -0.05) is 12.1 Å². The highest BCUT2D eigenvalue weighted by Gasteiger charge is 2.24. The predicted molar refractivity (Wildman–Crippen MR) is 66.2 cm³/mol. The molecule has 18 heavy (non-hydrogen) atoms. The zero-order valence-corrected chi connectivity index (χ0v) is 10.4. The van der Waals surface area contributed by atoms with Crippen molar-refractivity contribution in [3.8, 4) is 5.75 Å². The van der Waals surface area contributed by atoms with Gasteiger partial charge in [-0.2, -0.15) is 0 Å². The summed E-state index contributed by atoms with van der Waals surface area (Å²) in [5.74, 6) is 0.520. The Kier molecular flexibility index (Phi) is 3.50. The van der Waals surface area contributed by atoms with Gasteiger partial charge in [0.15, 0.2) is 0 Å². The van der Waals surface area contributed by atoms with Crippen molar-refractivity contribution in [3.05, 3.63) is 29.8 Å². The Labute approximate surface area is 106 Å². The van der Waals surface area contributed by atoms with Crippen LogP contribution in [-0.2, 0) is 4.79 Å². The van der Waals surface area contributed by atoms with E-state index in [-0.39, 0.29) is 24.5 Å². The average Bonchev–Trinajstić information content (AvgIpc) is 2.27. The molecule has 0 unspecified atom stereocenters. The normalized spacial score (nSPS) is 19.4. The molecule has 96 valence electrons. The second kappa shape index (κ2) is 5.08. The van der Waals surface area contributed by atoms with Gasteiger partial charge in [0.1, 0.15) is 5.75 Å². The van der Waals surface area contributed by atoms with Crippen LogP contribution < -0.4 is 15.4 Å². The number of rotatable bonds is 3. The van der Waals surface area contributed by atoms with Gasteiger partial charge in [0, 0.05) is 0 Å². The molecule has 1 aromatic rings. The summed E-state index contributed by atoms with van der Waals surface area (Å²) in [4.78, 5) is 22.5. The average molecular weight is 248 g/mol. The maximum absolute atomic E-state index is 11.3. The second-order valence-corrected chi connectivity index (χ2v) is 4.51. The van der Waals surface area contributed by atoms with Crippen LogP contribution >= 0.6 is 0 Å². The van der Waals surface area contributed by atoms with Crippen LogP contribution in [0.1, 0.15) is 31.9 Å². The maximum atomic E-state index is 11.3. The molecule has 5 heteroatoms. The lowest BCUT2D eigenvalue weighted by molar-refractivity contribution is -0.121. The Bertz CT molecular complexity index is 438. The molecule has 1 aromatic carbocycles. The predicted octanol–water partition coefficient (Wildman–Crippen LogP) is 1.74. The number of hydrogen-bond donors (Lipinski definition) is 2. The molecule has 1 aliphatic heterocycles. The van der Waals surface area contributed by atoms with Gasteiger partial charge in [0.25, 0.3) is 0 Å². The van der Waals surface area contributed by atoms with Crippen LogP contribution in [0, 0.1) is 0 Å². The number of ether oxygens (including phenoxy) is 1. The van der Waals surface area contributed by atoms with E-state index in [1.165, 1.54) is 0 Å². The lowest BCUT2D eigenvalue weighted by Gasteiger charge is -2.23. The van der Waals surface area contributed by atoms with Gasteiger partial charge in [0.05, 0.1) is 18.6 Å². The van der Waals surface area contributed by atoms with Gasteiger partial charge in [-0.25, -0.2) is 4.79 Å². The van der Waals surface area contributed by atoms with E-state index < -0.39 is 6.03 Å². The number of amides is 3. The number of imide groups is 1. The zero-order chi connectivity index (χ0) is 13.1. The molecule has 2 rings (SSSR count). The van der Waals surface area contributed by atoms with Crippen LogP contribution in [0.15, 0.2) is 24.3 Å². The molecule has 0 bridgehead atoms. The van der Waals surface area contributed by atoms with E-state index in [1.54, 1.807) is 0 Å². The topological polar surface area (TPSA) is 67.4 Å². The lowest BCUT2D eigenvalue weighted by Crippen LogP contribution is -2.48. The molecule has 0 saturated carbocycles. The summed E-state index contributed by atoms with van der Waals surface area (Å²) in [7, 11) is 0. The van der Waals surface area contributed by atoms with Crippen LogP contribution in [0.5, 0.6) is 5.75 Å². The van der Waals surface area contributed by atoms with Crippen molar-refractivity contribution in [2.45, 2.75) is 32.4 Å². The first-order chi connectivity index (χ1) is 8.54. The SMILES string of the molecule is CC(C)Oc1ccc([C@H]2CC(=O)NC(=O)N2)cc1. The molecular weight excluding hydrogens is 232 g/mol. The van der Waals surface area contributed by atoms with Gasteiger partial charge >= 0.3 is 6.03 Å². The van der Waals surface area contributed by atoms with E-state index in [9.17, 15) is 9.59 Å². The summed E-state index contributed by atoms with van der Waals surface area (Å²) in [5.41, 5.74) is 0.898. The van der Waals surface area contributed by atoms with Crippen molar-refractivity contribution in [2.24, 2.45) is 0 Å². The first-order valence-corrected chi connectivity index (χ1v) is 5.91. The summed E-state index contributed by atoms with van der Waals surface area (Å²) < 4.78 is 5.53. The van der Waals surface area contributed by atoms with E-state index in [0.29, 0.717) is 0 Å². The van der Waals surface area contributed by atoms with Crippen LogP contribution in [-0.4, -0.2) is 18.0 Å². The van der Waals surface area contributed by atoms with E-state index in [2.05, 4.69) is 10.6 Å². The number of urea groups is 1. The van der Waals surface area contributed by atoms with Crippen LogP contribution in [0.3, 0.4) is 0 Å². The van der Waals surface area contributed by atoms with Gasteiger partial charge < -0.3 is 10.1 Å². The largest absolute Gasteiger partial charge is 0.491 e. The molecule has 0 spiro atoms. The van der Waals surface area contributed by atoms with E-state index in [1.807, 2.05) is 38.1 Å². The number of hydrogen-bond acceptors (Lipinski definition) is 3. The quantitative estimate of drug-likeness (QED) is 0.856. The summed E-state index contributed by atoms with van der Waals surface area (Å²) in [6, 6.07) is 6.70. The number of nitrogens with one attached hydrogen (secondary N) is 2. The molecule has 3 amide bonds. The van der Waals surface area contributed by atoms with Crippen molar-refractivity contribution in [3.63, 3.8) is 0 Å². The Morgan fingerprint density at radius 3 is 2.44 bits per heavy atom. The van der Waals surface area contributed by atoms with E-state index >= 15 is 0 Å². The molecule has 1 atom stereocenters. The third kappa shape index (κ3) is 3.00. The zero-order valence-electron chi connectivity index (χ0n) is 10.4. The molecule has 1 fully saturated rings. The highest BCUT2D eigenvalue weighted by Crippen LogP contribution is 2.22. The second-order valence-electron chi connectivity index (χ2n) is 4.51. The Morgan fingerprint density at radius 1 is 1.22 bits per heavy atom. The highest BCUT2D eigenvalue weighted by molar-refractivity contribution is 5.97. The maximum Gasteiger partial charge on any atom is 0.321 e. The fraction of sp³-hybridized carbons (Fsp3) is 0.385. The Morgan fingerprint density at radius 2 is 1.89 bits per heavy atom. The van der Waals surface area contributed by atoms with E-state index in [4.69, 9.17) is 4.74 Å². The third-order valence-electron chi connectivity index (χ3n) is 2.60. The van der Waals surface area contributed by atoms with Gasteiger partial charge in [-0.15, -0.1) is 0 Å². The first-order valence-electron chi connectivity index (χ1n) is 5.91. The molecule has 1 saturated heterocycles. The number of carbonyl (C=O) groups excluding carboxylic acids is 2. The van der Waals surface area contributed by atoms with Crippen molar-refractivity contribution in [1.82, 2.24) is 10.6 Å². The molecule has 0 aliphatic carbocycles. The minimum Gasteiger partial charge on any atom is -0.491 e. The molecule has 1 aliphatic rings. The number of carbonyl (C=O) groups is 2. The minimum atomic E-state index is -0.446. The fourth-order valence-electron chi connectivity index (χ4n) is 1.86. The standard InChI is InChI=1S/C13H16N2O3/c1-8(2)18-10-5-3-9(4-6-10)11-7-12(16)15-13(17)14-11/h3-6,8,11H,7H2,1-2H3,(H2,14,15,16,17)/t11-/m1/s1. The smallest absolute Gasteiger partial charge is 0.321 e. The number of benzene rings is 1. The highest BCUT2D eigenvalue weighted by atomic mass is 16.5. The van der Waals surface area contributed by atoms with Crippen molar-refractivity contribution >= 4 is 11.9 Å². The summed E-state index contributed by atoms with van der Waals surface area (Å²) in [6.45, 7) is 3.92. The van der Waals surface area contributed by atoms with Crippen molar-refractivity contribution in [1.29, 1.82) is 0 Å². The van der Waals surface area contributed by atoms with E-state index in [0.717, 1.165) is 11.3 Å². The molecule has 0 radical (unpaired) electrons. The Hall–Kier alpha value is -2.04. The monoisotopic (exact) mass is 248 g/mol. The van der Waals surface area contributed by atoms with Crippen LogP contribution in [0.2, 0.25) is 0 Å². The fourth-order valence-corrected chi connectivity index (χ4v) is 1.86. The van der Waals surface area contributed by atoms with Gasteiger partial charge in [0.2, 0.25) is 5.91 Å². The van der Waals surface area contributed by atoms with Crippen LogP contribution in [0.4, 0.5) is 4.79 Å². The summed E-state index contributed by atoms with van der Waals surface area (Å²) in [5, 5.41) is 4.91. The summed E-state index contributed by atoms with van der Waals surface area (Å²) >= 11 is 0. The molecule has 5 nitrogen and oxygen atoms in total. The Balaban J connectivity index is 2.09. The van der Waals surface area contributed by atoms with Crippen molar-refractivity contribution in [2.75, 3.05) is 0 Å².